The average molecular weight is 347 g/mol. The summed E-state index contributed by atoms with van der Waals surface area (Å²) >= 11 is 0. The predicted molar refractivity (Wildman–Crippen MR) is 98.0 cm³/mol. The predicted octanol–water partition coefficient (Wildman–Crippen LogP) is 0.944. The Morgan fingerprint density at radius 1 is 1.20 bits per heavy atom. The number of aryl methyl sites for hydroxylation is 1. The van der Waals surface area contributed by atoms with Gasteiger partial charge in [-0.25, -0.2) is 4.79 Å². The van der Waals surface area contributed by atoms with E-state index in [4.69, 9.17) is 4.74 Å². The average Bonchev–Trinajstić information content (AvgIpc) is 2.89. The first-order chi connectivity index (χ1) is 12.2. The van der Waals surface area contributed by atoms with Crippen LogP contribution in [-0.4, -0.2) is 86.4 Å². The molecule has 0 aromatic carbocycles. The Labute approximate surface area is 149 Å². The van der Waals surface area contributed by atoms with Gasteiger partial charge < -0.3 is 19.9 Å². The number of hydrogen-bond acceptors (Lipinski definition) is 5. The van der Waals surface area contributed by atoms with Crippen LogP contribution in [0.3, 0.4) is 0 Å². The zero-order valence-corrected chi connectivity index (χ0v) is 15.1. The molecular weight excluding hydrogens is 318 g/mol. The normalized spacial score (nSPS) is 19.6. The number of rotatable bonds is 4. The van der Waals surface area contributed by atoms with Crippen molar-refractivity contribution in [2.24, 2.45) is 0 Å². The van der Waals surface area contributed by atoms with E-state index in [0.717, 1.165) is 71.1 Å². The van der Waals surface area contributed by atoms with E-state index in [1.807, 2.05) is 24.1 Å². The summed E-state index contributed by atoms with van der Waals surface area (Å²) in [6.45, 7) is 10.5. The van der Waals surface area contributed by atoms with Crippen LogP contribution in [0, 0.1) is 6.92 Å². The minimum Gasteiger partial charge on any atom is -0.379 e. The van der Waals surface area contributed by atoms with Gasteiger partial charge in [-0.15, -0.1) is 0 Å². The van der Waals surface area contributed by atoms with E-state index < -0.39 is 0 Å². The van der Waals surface area contributed by atoms with Gasteiger partial charge in [-0.2, -0.15) is 0 Å². The highest BCUT2D eigenvalue weighted by Crippen LogP contribution is 2.16. The van der Waals surface area contributed by atoms with Crippen LogP contribution in [0.1, 0.15) is 12.1 Å². The Bertz CT molecular complexity index is 562. The first kappa shape index (κ1) is 17.9. The van der Waals surface area contributed by atoms with Crippen LogP contribution in [0.4, 0.5) is 10.5 Å². The van der Waals surface area contributed by atoms with E-state index in [-0.39, 0.29) is 6.03 Å². The molecule has 25 heavy (non-hydrogen) atoms. The molecular formula is C18H29N5O2. The smallest absolute Gasteiger partial charge is 0.317 e. The third-order valence-corrected chi connectivity index (χ3v) is 4.84. The number of carbonyl (C=O) groups is 1. The number of carbonyl (C=O) groups excluding carboxylic acids is 1. The van der Waals surface area contributed by atoms with Crippen molar-refractivity contribution in [1.82, 2.24) is 20.1 Å². The molecule has 2 aliphatic heterocycles. The molecule has 2 amide bonds. The van der Waals surface area contributed by atoms with Crippen LogP contribution in [-0.2, 0) is 4.74 Å². The minimum atomic E-state index is 0.0565. The quantitative estimate of drug-likeness (QED) is 0.879. The van der Waals surface area contributed by atoms with E-state index >= 15 is 0 Å². The van der Waals surface area contributed by atoms with Crippen molar-refractivity contribution in [3.8, 4) is 0 Å². The van der Waals surface area contributed by atoms with Gasteiger partial charge >= 0.3 is 6.03 Å². The summed E-state index contributed by atoms with van der Waals surface area (Å²) in [6, 6.07) is 4.21. The van der Waals surface area contributed by atoms with Crippen molar-refractivity contribution in [3.63, 3.8) is 0 Å². The first-order valence-electron chi connectivity index (χ1n) is 9.23. The Hall–Kier alpha value is -1.86. The van der Waals surface area contributed by atoms with Crippen LogP contribution in [0.2, 0.25) is 0 Å². The maximum Gasteiger partial charge on any atom is 0.317 e. The highest BCUT2D eigenvalue weighted by Gasteiger charge is 2.19. The van der Waals surface area contributed by atoms with E-state index in [9.17, 15) is 4.79 Å². The maximum atomic E-state index is 12.4. The molecule has 2 saturated heterocycles. The number of amides is 2. The fourth-order valence-electron chi connectivity index (χ4n) is 3.36. The van der Waals surface area contributed by atoms with Crippen molar-refractivity contribution in [2.75, 3.05) is 70.5 Å². The molecule has 0 radical (unpaired) electrons. The van der Waals surface area contributed by atoms with Gasteiger partial charge in [0.2, 0.25) is 0 Å². The number of aromatic nitrogens is 1. The Balaban J connectivity index is 1.43. The second-order valence-electron chi connectivity index (χ2n) is 6.67. The van der Waals surface area contributed by atoms with Gasteiger partial charge in [0.25, 0.3) is 0 Å². The molecule has 3 heterocycles. The van der Waals surface area contributed by atoms with Gasteiger partial charge in [0.05, 0.1) is 13.2 Å². The Morgan fingerprint density at radius 2 is 2.04 bits per heavy atom. The number of morpholine rings is 1. The summed E-state index contributed by atoms with van der Waals surface area (Å²) in [7, 11) is 0. The molecule has 2 aliphatic rings. The molecule has 1 aromatic heterocycles. The zero-order valence-electron chi connectivity index (χ0n) is 15.1. The topological polar surface area (TPSA) is 60.9 Å². The Kier molecular flexibility index (Phi) is 6.47. The number of nitrogens with one attached hydrogen (secondary N) is 1. The van der Waals surface area contributed by atoms with Crippen molar-refractivity contribution < 1.29 is 9.53 Å². The molecule has 1 N–H and O–H groups in total. The molecule has 3 rings (SSSR count). The number of hydrogen-bond donors (Lipinski definition) is 1. The van der Waals surface area contributed by atoms with Crippen LogP contribution in [0.25, 0.3) is 0 Å². The standard InChI is InChI=1S/C18H29N5O2/c1-16-15-17(3-4-19-16)22-6-2-7-23(10-9-22)18(24)20-5-8-21-11-13-25-14-12-21/h3-4,15H,2,5-14H2,1H3,(H,20,24). The summed E-state index contributed by atoms with van der Waals surface area (Å²) in [6.07, 6.45) is 2.84. The molecule has 7 nitrogen and oxygen atoms in total. The van der Waals surface area contributed by atoms with E-state index in [2.05, 4.69) is 26.2 Å². The molecule has 138 valence electrons. The molecule has 0 saturated carbocycles. The largest absolute Gasteiger partial charge is 0.379 e. The highest BCUT2D eigenvalue weighted by atomic mass is 16.5. The molecule has 0 spiro atoms. The number of urea groups is 1. The van der Waals surface area contributed by atoms with Gasteiger partial charge in [0.15, 0.2) is 0 Å². The second kappa shape index (κ2) is 9.01. The van der Waals surface area contributed by atoms with Gasteiger partial charge in [-0.3, -0.25) is 9.88 Å². The summed E-state index contributed by atoms with van der Waals surface area (Å²) in [5, 5.41) is 3.07. The van der Waals surface area contributed by atoms with Gasteiger partial charge in [-0.05, 0) is 25.5 Å². The van der Waals surface area contributed by atoms with Crippen molar-refractivity contribution in [2.45, 2.75) is 13.3 Å². The van der Waals surface area contributed by atoms with Crippen LogP contribution in [0.15, 0.2) is 18.3 Å². The lowest BCUT2D eigenvalue weighted by Gasteiger charge is -2.27. The number of pyridine rings is 1. The summed E-state index contributed by atoms with van der Waals surface area (Å²) < 4.78 is 5.34. The number of anilines is 1. The molecule has 0 aliphatic carbocycles. The fourth-order valence-corrected chi connectivity index (χ4v) is 3.36. The van der Waals surface area contributed by atoms with Gasteiger partial charge in [-0.1, -0.05) is 0 Å². The van der Waals surface area contributed by atoms with Gasteiger partial charge in [0, 0.05) is 69.9 Å². The molecule has 0 atom stereocenters. The molecule has 7 heteroatoms. The fraction of sp³-hybridized carbons (Fsp3) is 0.667. The second-order valence-corrected chi connectivity index (χ2v) is 6.67. The van der Waals surface area contributed by atoms with Gasteiger partial charge in [0.1, 0.15) is 0 Å². The summed E-state index contributed by atoms with van der Waals surface area (Å²) in [5.41, 5.74) is 2.22. The van der Waals surface area contributed by atoms with E-state index in [1.165, 1.54) is 5.69 Å². The summed E-state index contributed by atoms with van der Waals surface area (Å²) in [5.74, 6) is 0. The lowest BCUT2D eigenvalue weighted by molar-refractivity contribution is 0.0386. The van der Waals surface area contributed by atoms with Crippen molar-refractivity contribution in [1.29, 1.82) is 0 Å². The van der Waals surface area contributed by atoms with Crippen LogP contribution < -0.4 is 10.2 Å². The lowest BCUT2D eigenvalue weighted by atomic mass is 10.3. The van der Waals surface area contributed by atoms with Crippen LogP contribution in [0.5, 0.6) is 0 Å². The van der Waals surface area contributed by atoms with E-state index in [0.29, 0.717) is 6.54 Å². The molecule has 0 bridgehead atoms. The third kappa shape index (κ3) is 5.31. The number of nitrogens with zero attached hydrogens (tertiary/aromatic N) is 4. The maximum absolute atomic E-state index is 12.4. The highest BCUT2D eigenvalue weighted by molar-refractivity contribution is 5.74. The lowest BCUT2D eigenvalue weighted by Crippen LogP contribution is -2.46. The molecule has 1 aromatic rings. The number of ether oxygens (including phenoxy) is 1. The Morgan fingerprint density at radius 3 is 2.84 bits per heavy atom. The van der Waals surface area contributed by atoms with Crippen LogP contribution >= 0.6 is 0 Å². The zero-order chi connectivity index (χ0) is 17.5. The minimum absolute atomic E-state index is 0.0565. The molecule has 2 fully saturated rings. The van der Waals surface area contributed by atoms with E-state index in [1.54, 1.807) is 0 Å². The SMILES string of the molecule is Cc1cc(N2CCCN(C(=O)NCCN3CCOCC3)CC2)ccn1. The molecule has 0 unspecified atom stereocenters. The van der Waals surface area contributed by atoms with Crippen molar-refractivity contribution in [3.05, 3.63) is 24.0 Å². The van der Waals surface area contributed by atoms with Crippen molar-refractivity contribution >= 4 is 11.7 Å². The first-order valence-corrected chi connectivity index (χ1v) is 9.23. The summed E-state index contributed by atoms with van der Waals surface area (Å²) in [4.78, 5) is 23.3. The monoisotopic (exact) mass is 347 g/mol. The third-order valence-electron chi connectivity index (χ3n) is 4.84.